The predicted molar refractivity (Wildman–Crippen MR) is 47.2 cm³/mol. The monoisotopic (exact) mass is 185 g/mol. The van der Waals surface area contributed by atoms with Gasteiger partial charge in [0.15, 0.2) is 0 Å². The summed E-state index contributed by atoms with van der Waals surface area (Å²) in [6.45, 7) is 4.37. The van der Waals surface area contributed by atoms with Gasteiger partial charge in [0.2, 0.25) is 5.91 Å². The zero-order chi connectivity index (χ0) is 10.0. The smallest absolute Gasteiger partial charge is 0.305 e. The van der Waals surface area contributed by atoms with E-state index < -0.39 is 5.97 Å². The highest BCUT2D eigenvalue weighted by atomic mass is 16.4. The molecule has 0 bridgehead atoms. The topological polar surface area (TPSA) is 57.6 Å². The zero-order valence-corrected chi connectivity index (χ0v) is 7.99. The van der Waals surface area contributed by atoms with Crippen molar-refractivity contribution in [3.8, 4) is 0 Å². The average molecular weight is 185 g/mol. The van der Waals surface area contributed by atoms with Gasteiger partial charge in [0.25, 0.3) is 0 Å². The number of hydrogen-bond acceptors (Lipinski definition) is 2. The molecule has 13 heavy (non-hydrogen) atoms. The van der Waals surface area contributed by atoms with E-state index in [2.05, 4.69) is 0 Å². The Balaban J connectivity index is 2.53. The SMILES string of the molecule is CC1CCN(C(C)CC(=O)O)C1=O. The van der Waals surface area contributed by atoms with Crippen LogP contribution in [0.2, 0.25) is 0 Å². The number of nitrogens with zero attached hydrogens (tertiary/aromatic N) is 1. The first-order valence-corrected chi connectivity index (χ1v) is 4.54. The summed E-state index contributed by atoms with van der Waals surface area (Å²) >= 11 is 0. The summed E-state index contributed by atoms with van der Waals surface area (Å²) in [7, 11) is 0. The Morgan fingerprint density at radius 3 is 2.77 bits per heavy atom. The summed E-state index contributed by atoms with van der Waals surface area (Å²) in [5.41, 5.74) is 0. The van der Waals surface area contributed by atoms with Crippen molar-refractivity contribution in [3.05, 3.63) is 0 Å². The summed E-state index contributed by atoms with van der Waals surface area (Å²) in [6, 6.07) is -0.171. The second-order valence-electron chi connectivity index (χ2n) is 3.67. The first-order valence-electron chi connectivity index (χ1n) is 4.54. The van der Waals surface area contributed by atoms with Crippen LogP contribution in [0.3, 0.4) is 0 Å². The van der Waals surface area contributed by atoms with Gasteiger partial charge in [0.05, 0.1) is 6.42 Å². The van der Waals surface area contributed by atoms with Gasteiger partial charge in [-0.25, -0.2) is 0 Å². The molecule has 1 N–H and O–H groups in total. The van der Waals surface area contributed by atoms with Crippen LogP contribution >= 0.6 is 0 Å². The van der Waals surface area contributed by atoms with Crippen LogP contribution in [0, 0.1) is 5.92 Å². The second kappa shape index (κ2) is 3.77. The summed E-state index contributed by atoms with van der Waals surface area (Å²) in [4.78, 5) is 23.5. The number of hydrogen-bond donors (Lipinski definition) is 1. The average Bonchev–Trinajstić information content (AvgIpc) is 2.31. The summed E-state index contributed by atoms with van der Waals surface area (Å²) in [5, 5.41) is 8.56. The number of aliphatic carboxylic acids is 1. The molecule has 1 heterocycles. The molecule has 4 nitrogen and oxygen atoms in total. The minimum absolute atomic E-state index is 0.0401. The molecular formula is C9H15NO3. The van der Waals surface area contributed by atoms with Crippen LogP contribution in [0.5, 0.6) is 0 Å². The van der Waals surface area contributed by atoms with Gasteiger partial charge < -0.3 is 10.0 Å². The molecular weight excluding hydrogens is 170 g/mol. The highest BCUT2D eigenvalue weighted by Gasteiger charge is 2.31. The number of carboxylic acids is 1. The predicted octanol–water partition coefficient (Wildman–Crippen LogP) is 0.718. The lowest BCUT2D eigenvalue weighted by molar-refractivity contribution is -0.139. The summed E-state index contributed by atoms with van der Waals surface area (Å²) < 4.78 is 0. The molecule has 0 aromatic rings. The number of carboxylic acid groups (broad SMARTS) is 1. The summed E-state index contributed by atoms with van der Waals surface area (Å²) in [5.74, 6) is -0.690. The van der Waals surface area contributed by atoms with Crippen LogP contribution in [0.1, 0.15) is 26.7 Å². The van der Waals surface area contributed by atoms with Gasteiger partial charge in [-0.15, -0.1) is 0 Å². The van der Waals surface area contributed by atoms with E-state index in [9.17, 15) is 9.59 Å². The Morgan fingerprint density at radius 1 is 1.77 bits per heavy atom. The van der Waals surface area contributed by atoms with Gasteiger partial charge in [-0.1, -0.05) is 6.92 Å². The van der Waals surface area contributed by atoms with E-state index in [1.165, 1.54) is 0 Å². The minimum atomic E-state index is -0.847. The van der Waals surface area contributed by atoms with E-state index in [1.54, 1.807) is 11.8 Å². The molecule has 74 valence electrons. The van der Waals surface area contributed by atoms with Crippen molar-refractivity contribution in [2.24, 2.45) is 5.92 Å². The van der Waals surface area contributed by atoms with Gasteiger partial charge in [-0.05, 0) is 13.3 Å². The van der Waals surface area contributed by atoms with Gasteiger partial charge in [-0.2, -0.15) is 0 Å². The first kappa shape index (κ1) is 10.0. The third kappa shape index (κ3) is 2.20. The maximum atomic E-state index is 11.5. The molecule has 1 rings (SSSR count). The number of carbonyl (C=O) groups excluding carboxylic acids is 1. The number of likely N-dealkylation sites (tertiary alicyclic amines) is 1. The molecule has 0 aromatic heterocycles. The number of amides is 1. The minimum Gasteiger partial charge on any atom is -0.481 e. The maximum absolute atomic E-state index is 11.5. The van der Waals surface area contributed by atoms with Crippen molar-refractivity contribution in [2.45, 2.75) is 32.7 Å². The van der Waals surface area contributed by atoms with Crippen molar-refractivity contribution in [3.63, 3.8) is 0 Å². The molecule has 1 aliphatic heterocycles. The molecule has 1 fully saturated rings. The van der Waals surface area contributed by atoms with Gasteiger partial charge in [-0.3, -0.25) is 9.59 Å². The Morgan fingerprint density at radius 2 is 2.38 bits per heavy atom. The van der Waals surface area contributed by atoms with Crippen molar-refractivity contribution in [1.82, 2.24) is 4.90 Å². The van der Waals surface area contributed by atoms with Crippen LogP contribution in [-0.4, -0.2) is 34.5 Å². The third-order valence-electron chi connectivity index (χ3n) is 2.51. The first-order chi connectivity index (χ1) is 6.02. The quantitative estimate of drug-likeness (QED) is 0.704. The van der Waals surface area contributed by atoms with Gasteiger partial charge >= 0.3 is 5.97 Å². The van der Waals surface area contributed by atoms with Gasteiger partial charge in [0.1, 0.15) is 0 Å². The normalized spacial score (nSPS) is 24.9. The lowest BCUT2D eigenvalue weighted by Gasteiger charge is -2.22. The number of carbonyl (C=O) groups is 2. The zero-order valence-electron chi connectivity index (χ0n) is 7.99. The molecule has 0 radical (unpaired) electrons. The standard InChI is InChI=1S/C9H15NO3/c1-6-3-4-10(9(6)13)7(2)5-8(11)12/h6-7H,3-5H2,1-2H3,(H,11,12). The highest BCUT2D eigenvalue weighted by molar-refractivity contribution is 5.81. The van der Waals surface area contributed by atoms with Crippen LogP contribution in [0.15, 0.2) is 0 Å². The Labute approximate surface area is 77.5 Å². The molecule has 1 saturated heterocycles. The molecule has 1 amide bonds. The molecule has 0 aromatic carbocycles. The molecule has 4 heteroatoms. The highest BCUT2D eigenvalue weighted by Crippen LogP contribution is 2.20. The third-order valence-corrected chi connectivity index (χ3v) is 2.51. The van der Waals surface area contributed by atoms with Crippen molar-refractivity contribution in [2.75, 3.05) is 6.54 Å². The molecule has 0 aliphatic carbocycles. The Kier molecular flexibility index (Phi) is 2.90. The fourth-order valence-corrected chi connectivity index (χ4v) is 1.65. The second-order valence-corrected chi connectivity index (χ2v) is 3.67. The van der Waals surface area contributed by atoms with Crippen molar-refractivity contribution >= 4 is 11.9 Å². The van der Waals surface area contributed by atoms with E-state index in [0.717, 1.165) is 6.42 Å². The van der Waals surface area contributed by atoms with E-state index in [1.807, 2.05) is 6.92 Å². The van der Waals surface area contributed by atoms with Crippen molar-refractivity contribution < 1.29 is 14.7 Å². The van der Waals surface area contributed by atoms with E-state index in [-0.39, 0.29) is 24.3 Å². The van der Waals surface area contributed by atoms with Crippen LogP contribution in [0.4, 0.5) is 0 Å². The number of rotatable bonds is 3. The summed E-state index contributed by atoms with van der Waals surface area (Å²) in [6.07, 6.45) is 0.890. The molecule has 1 aliphatic rings. The van der Waals surface area contributed by atoms with E-state index in [4.69, 9.17) is 5.11 Å². The van der Waals surface area contributed by atoms with Crippen LogP contribution in [-0.2, 0) is 9.59 Å². The molecule has 0 saturated carbocycles. The lowest BCUT2D eigenvalue weighted by Crippen LogP contribution is -2.36. The van der Waals surface area contributed by atoms with Crippen LogP contribution in [0.25, 0.3) is 0 Å². The Hall–Kier alpha value is -1.06. The lowest BCUT2D eigenvalue weighted by atomic mass is 10.1. The fourth-order valence-electron chi connectivity index (χ4n) is 1.65. The largest absolute Gasteiger partial charge is 0.481 e. The molecule has 2 atom stereocenters. The fraction of sp³-hybridized carbons (Fsp3) is 0.778. The Bertz CT molecular complexity index is 227. The van der Waals surface area contributed by atoms with Gasteiger partial charge in [0, 0.05) is 18.5 Å². The van der Waals surface area contributed by atoms with Crippen LogP contribution < -0.4 is 0 Å². The van der Waals surface area contributed by atoms with E-state index >= 15 is 0 Å². The molecule has 0 spiro atoms. The van der Waals surface area contributed by atoms with Crippen molar-refractivity contribution in [1.29, 1.82) is 0 Å². The van der Waals surface area contributed by atoms with E-state index in [0.29, 0.717) is 6.54 Å². The molecule has 2 unspecified atom stereocenters. The maximum Gasteiger partial charge on any atom is 0.305 e.